The van der Waals surface area contributed by atoms with Crippen LogP contribution in [0.4, 0.5) is 5.69 Å². The molecule has 0 bridgehead atoms. The molecule has 1 aromatic rings. The van der Waals surface area contributed by atoms with Gasteiger partial charge in [0.25, 0.3) is 0 Å². The van der Waals surface area contributed by atoms with Crippen LogP contribution in [-0.4, -0.2) is 23.7 Å². The second-order valence-corrected chi connectivity index (χ2v) is 5.02. The molecule has 3 N–H and O–H groups in total. The summed E-state index contributed by atoms with van der Waals surface area (Å²) >= 11 is 3.37. The molecule has 4 nitrogen and oxygen atoms in total. The first-order valence-corrected chi connectivity index (χ1v) is 6.42. The summed E-state index contributed by atoms with van der Waals surface area (Å²) in [6.45, 7) is 2.01. The van der Waals surface area contributed by atoms with Crippen molar-refractivity contribution in [1.29, 1.82) is 0 Å². The third-order valence-electron chi connectivity index (χ3n) is 2.96. The number of halogens is 1. The van der Waals surface area contributed by atoms with Crippen molar-refractivity contribution in [1.82, 2.24) is 5.32 Å². The zero-order chi connectivity index (χ0) is 12.4. The minimum absolute atomic E-state index is 0.0339. The maximum absolute atomic E-state index is 11.8. The van der Waals surface area contributed by atoms with Crippen molar-refractivity contribution in [2.24, 2.45) is 0 Å². The Morgan fingerprint density at radius 2 is 2.35 bits per heavy atom. The largest absolute Gasteiger partial charge is 0.395 e. The van der Waals surface area contributed by atoms with Crippen LogP contribution >= 0.6 is 15.9 Å². The van der Waals surface area contributed by atoms with Gasteiger partial charge in [-0.25, -0.2) is 0 Å². The van der Waals surface area contributed by atoms with Crippen molar-refractivity contribution in [3.05, 3.63) is 28.2 Å². The first-order valence-electron chi connectivity index (χ1n) is 5.63. The third-order valence-corrected chi connectivity index (χ3v) is 3.46. The standard InChI is InChI=1S/C12H15BrN2O2/c1-2-8(6-16)14-11-9-4-3-7(13)5-10(9)15-12(11)17/h3-5,8,11,14,16H,2,6H2,1H3,(H,15,17). The molecule has 17 heavy (non-hydrogen) atoms. The van der Waals surface area contributed by atoms with Crippen molar-refractivity contribution in [2.75, 3.05) is 11.9 Å². The minimum atomic E-state index is -0.366. The van der Waals surface area contributed by atoms with Crippen molar-refractivity contribution >= 4 is 27.5 Å². The Kier molecular flexibility index (Phi) is 3.81. The molecule has 1 heterocycles. The third kappa shape index (κ3) is 2.51. The average Bonchev–Trinajstić information content (AvgIpc) is 2.61. The molecule has 0 spiro atoms. The molecule has 0 radical (unpaired) electrons. The van der Waals surface area contributed by atoms with Crippen LogP contribution in [0.2, 0.25) is 0 Å². The van der Waals surface area contributed by atoms with Crippen LogP contribution < -0.4 is 10.6 Å². The summed E-state index contributed by atoms with van der Waals surface area (Å²) in [5.74, 6) is -0.0648. The van der Waals surface area contributed by atoms with Crippen molar-refractivity contribution in [3.63, 3.8) is 0 Å². The van der Waals surface area contributed by atoms with E-state index in [1.807, 2.05) is 25.1 Å². The van der Waals surface area contributed by atoms with Gasteiger partial charge in [-0.1, -0.05) is 28.9 Å². The van der Waals surface area contributed by atoms with Crippen LogP contribution in [-0.2, 0) is 4.79 Å². The number of carbonyl (C=O) groups is 1. The SMILES string of the molecule is CCC(CO)NC1C(=O)Nc2cc(Br)ccc21. The van der Waals surface area contributed by atoms with Gasteiger partial charge < -0.3 is 10.4 Å². The number of hydrogen-bond acceptors (Lipinski definition) is 3. The van der Waals surface area contributed by atoms with E-state index in [1.165, 1.54) is 0 Å². The van der Waals surface area contributed by atoms with E-state index in [-0.39, 0.29) is 24.6 Å². The summed E-state index contributed by atoms with van der Waals surface area (Å²) < 4.78 is 0.936. The highest BCUT2D eigenvalue weighted by Crippen LogP contribution is 2.33. The van der Waals surface area contributed by atoms with Gasteiger partial charge in [-0.3, -0.25) is 10.1 Å². The quantitative estimate of drug-likeness (QED) is 0.794. The highest BCUT2D eigenvalue weighted by Gasteiger charge is 2.31. The van der Waals surface area contributed by atoms with Gasteiger partial charge in [0, 0.05) is 21.8 Å². The fourth-order valence-corrected chi connectivity index (χ4v) is 2.30. The number of carbonyl (C=O) groups excluding carboxylic acids is 1. The summed E-state index contributed by atoms with van der Waals surface area (Å²) in [7, 11) is 0. The van der Waals surface area contributed by atoms with Crippen molar-refractivity contribution < 1.29 is 9.90 Å². The van der Waals surface area contributed by atoms with Gasteiger partial charge in [0.15, 0.2) is 0 Å². The highest BCUT2D eigenvalue weighted by atomic mass is 79.9. The Bertz CT molecular complexity index is 433. The molecule has 92 valence electrons. The van der Waals surface area contributed by atoms with Crippen LogP contribution in [0.25, 0.3) is 0 Å². The summed E-state index contributed by atoms with van der Waals surface area (Å²) in [5.41, 5.74) is 1.76. The van der Waals surface area contributed by atoms with Gasteiger partial charge in [0.05, 0.1) is 6.61 Å². The molecule has 0 fully saturated rings. The van der Waals surface area contributed by atoms with E-state index in [0.717, 1.165) is 22.1 Å². The van der Waals surface area contributed by atoms with Crippen LogP contribution in [0, 0.1) is 0 Å². The molecule has 0 saturated heterocycles. The zero-order valence-corrected chi connectivity index (χ0v) is 11.1. The van der Waals surface area contributed by atoms with Gasteiger partial charge in [0.2, 0.25) is 5.91 Å². The maximum Gasteiger partial charge on any atom is 0.246 e. The maximum atomic E-state index is 11.8. The molecule has 1 aliphatic rings. The Morgan fingerprint density at radius 3 is 3.00 bits per heavy atom. The summed E-state index contributed by atoms with van der Waals surface area (Å²) in [5, 5.41) is 15.2. The van der Waals surface area contributed by atoms with E-state index in [0.29, 0.717) is 0 Å². The van der Waals surface area contributed by atoms with Gasteiger partial charge in [-0.15, -0.1) is 0 Å². The number of rotatable bonds is 4. The van der Waals surface area contributed by atoms with E-state index in [9.17, 15) is 4.79 Å². The Labute approximate surface area is 109 Å². The molecular formula is C12H15BrN2O2. The second kappa shape index (κ2) is 5.16. The first-order chi connectivity index (χ1) is 8.15. The predicted molar refractivity (Wildman–Crippen MR) is 69.8 cm³/mol. The molecule has 0 aromatic heterocycles. The van der Waals surface area contributed by atoms with Gasteiger partial charge in [-0.2, -0.15) is 0 Å². The monoisotopic (exact) mass is 298 g/mol. The molecule has 2 rings (SSSR count). The molecule has 1 amide bonds. The van der Waals surface area contributed by atoms with Crippen LogP contribution in [0.15, 0.2) is 22.7 Å². The lowest BCUT2D eigenvalue weighted by Crippen LogP contribution is -2.38. The molecule has 2 atom stereocenters. The number of aliphatic hydroxyl groups is 1. The summed E-state index contributed by atoms with van der Waals surface area (Å²) in [4.78, 5) is 11.8. The number of nitrogens with one attached hydrogen (secondary N) is 2. The fourth-order valence-electron chi connectivity index (χ4n) is 1.94. The molecule has 0 saturated carbocycles. The van der Waals surface area contributed by atoms with Gasteiger partial charge in [-0.05, 0) is 18.6 Å². The molecule has 5 heteroatoms. The average molecular weight is 299 g/mol. The normalized spacial score (nSPS) is 19.9. The molecule has 2 unspecified atom stereocenters. The van der Waals surface area contributed by atoms with Gasteiger partial charge >= 0.3 is 0 Å². The number of aliphatic hydroxyl groups excluding tert-OH is 1. The van der Waals surface area contributed by atoms with E-state index in [4.69, 9.17) is 5.11 Å². The Hall–Kier alpha value is -0.910. The number of amides is 1. The van der Waals surface area contributed by atoms with Crippen LogP contribution in [0.1, 0.15) is 24.9 Å². The molecule has 1 aliphatic heterocycles. The fraction of sp³-hybridized carbons (Fsp3) is 0.417. The molecular weight excluding hydrogens is 284 g/mol. The topological polar surface area (TPSA) is 61.4 Å². The van der Waals surface area contributed by atoms with Gasteiger partial charge in [0.1, 0.15) is 6.04 Å². The highest BCUT2D eigenvalue weighted by molar-refractivity contribution is 9.10. The first kappa shape index (κ1) is 12.5. The van der Waals surface area contributed by atoms with E-state index >= 15 is 0 Å². The number of fused-ring (bicyclic) bond motifs is 1. The van der Waals surface area contributed by atoms with Crippen LogP contribution in [0.5, 0.6) is 0 Å². The lowest BCUT2D eigenvalue weighted by molar-refractivity contribution is -0.117. The molecule has 1 aromatic carbocycles. The Balaban J connectivity index is 2.22. The van der Waals surface area contributed by atoms with E-state index in [1.54, 1.807) is 0 Å². The zero-order valence-electron chi connectivity index (χ0n) is 9.53. The molecule has 0 aliphatic carbocycles. The predicted octanol–water partition coefficient (Wildman–Crippen LogP) is 1.80. The van der Waals surface area contributed by atoms with Crippen molar-refractivity contribution in [2.45, 2.75) is 25.4 Å². The number of hydrogen-bond donors (Lipinski definition) is 3. The lowest BCUT2D eigenvalue weighted by atomic mass is 10.1. The number of anilines is 1. The number of benzene rings is 1. The van der Waals surface area contributed by atoms with E-state index < -0.39 is 0 Å². The summed E-state index contributed by atoms with van der Waals surface area (Å²) in [6, 6.07) is 5.29. The smallest absolute Gasteiger partial charge is 0.246 e. The van der Waals surface area contributed by atoms with E-state index in [2.05, 4.69) is 26.6 Å². The van der Waals surface area contributed by atoms with Crippen LogP contribution in [0.3, 0.4) is 0 Å². The minimum Gasteiger partial charge on any atom is -0.395 e. The lowest BCUT2D eigenvalue weighted by Gasteiger charge is -2.18. The second-order valence-electron chi connectivity index (χ2n) is 4.11. The van der Waals surface area contributed by atoms with Crippen molar-refractivity contribution in [3.8, 4) is 0 Å². The Morgan fingerprint density at radius 1 is 1.59 bits per heavy atom. The summed E-state index contributed by atoms with van der Waals surface area (Å²) in [6.07, 6.45) is 0.784.